The van der Waals surface area contributed by atoms with Gasteiger partial charge in [0.2, 0.25) is 0 Å². The van der Waals surface area contributed by atoms with Gasteiger partial charge in [-0.2, -0.15) is 0 Å². The molecular formula is C27H28O4. The van der Waals surface area contributed by atoms with Gasteiger partial charge in [-0.1, -0.05) is 68.5 Å². The third-order valence-electron chi connectivity index (χ3n) is 4.86. The van der Waals surface area contributed by atoms with Crippen molar-refractivity contribution in [2.75, 3.05) is 7.11 Å². The first-order valence-corrected chi connectivity index (χ1v) is 10.4. The van der Waals surface area contributed by atoms with E-state index >= 15 is 0 Å². The molecule has 31 heavy (non-hydrogen) atoms. The summed E-state index contributed by atoms with van der Waals surface area (Å²) in [4.78, 5) is 12.7. The Balaban J connectivity index is 1.60. The topological polar surface area (TPSA) is 44.8 Å². The highest BCUT2D eigenvalue weighted by Crippen LogP contribution is 2.23. The predicted molar refractivity (Wildman–Crippen MR) is 123 cm³/mol. The molecule has 0 aromatic heterocycles. The van der Waals surface area contributed by atoms with Gasteiger partial charge in [0.25, 0.3) is 0 Å². The number of para-hydroxylation sites is 1. The Kier molecular flexibility index (Phi) is 7.88. The van der Waals surface area contributed by atoms with Gasteiger partial charge >= 0.3 is 5.97 Å². The van der Waals surface area contributed by atoms with Gasteiger partial charge in [-0.3, -0.25) is 4.79 Å². The first-order valence-electron chi connectivity index (χ1n) is 10.4. The summed E-state index contributed by atoms with van der Waals surface area (Å²) in [7, 11) is 1.64. The Morgan fingerprint density at radius 1 is 0.871 bits per heavy atom. The molecule has 1 atom stereocenters. The molecule has 3 aromatic rings. The first-order chi connectivity index (χ1) is 15.0. The smallest absolute Gasteiger partial charge is 0.313 e. The number of carbonyl (C=O) groups excluding carboxylic acids is 1. The second-order valence-electron chi connectivity index (χ2n) is 7.57. The van der Waals surface area contributed by atoms with Crippen LogP contribution in [-0.2, 0) is 16.1 Å². The van der Waals surface area contributed by atoms with Crippen LogP contribution < -0.4 is 9.47 Å². The second kappa shape index (κ2) is 11.0. The summed E-state index contributed by atoms with van der Waals surface area (Å²) in [5.74, 6) is 1.82. The van der Waals surface area contributed by atoms with Crippen molar-refractivity contribution in [2.24, 2.45) is 11.8 Å². The van der Waals surface area contributed by atoms with Gasteiger partial charge in [0, 0.05) is 0 Å². The molecule has 0 saturated carbocycles. The zero-order chi connectivity index (χ0) is 22.1. The molecule has 0 spiro atoms. The third-order valence-corrected chi connectivity index (χ3v) is 4.86. The highest BCUT2D eigenvalue weighted by Gasteiger charge is 2.21. The minimum Gasteiger partial charge on any atom is -0.497 e. The van der Waals surface area contributed by atoms with Crippen LogP contribution in [0.2, 0.25) is 0 Å². The SMILES string of the molecule is COc1ccc(C=CC(C(=O)OCc2cccc(Oc3ccccc3)c2)C(C)C)cc1. The van der Waals surface area contributed by atoms with Gasteiger partial charge < -0.3 is 14.2 Å². The average Bonchev–Trinajstić information content (AvgIpc) is 2.79. The maximum absolute atomic E-state index is 12.7. The molecule has 160 valence electrons. The molecule has 0 heterocycles. The number of hydrogen-bond acceptors (Lipinski definition) is 4. The van der Waals surface area contributed by atoms with Gasteiger partial charge in [0.1, 0.15) is 23.9 Å². The number of hydrogen-bond donors (Lipinski definition) is 0. The van der Waals surface area contributed by atoms with Crippen LogP contribution in [0, 0.1) is 11.8 Å². The van der Waals surface area contributed by atoms with Gasteiger partial charge in [0.15, 0.2) is 0 Å². The number of carbonyl (C=O) groups is 1. The van der Waals surface area contributed by atoms with Crippen LogP contribution in [0.4, 0.5) is 0 Å². The van der Waals surface area contributed by atoms with E-state index < -0.39 is 0 Å². The minimum atomic E-state index is -0.328. The van der Waals surface area contributed by atoms with E-state index in [2.05, 4.69) is 0 Å². The highest BCUT2D eigenvalue weighted by molar-refractivity contribution is 5.76. The molecule has 0 bridgehead atoms. The Morgan fingerprint density at radius 3 is 2.26 bits per heavy atom. The lowest BCUT2D eigenvalue weighted by molar-refractivity contribution is -0.149. The van der Waals surface area contributed by atoms with E-state index in [1.54, 1.807) is 7.11 Å². The summed E-state index contributed by atoms with van der Waals surface area (Å²) < 4.78 is 16.7. The van der Waals surface area contributed by atoms with Crippen LogP contribution in [-0.4, -0.2) is 13.1 Å². The normalized spacial score (nSPS) is 12.0. The second-order valence-corrected chi connectivity index (χ2v) is 7.57. The van der Waals surface area contributed by atoms with Crippen LogP contribution in [0.3, 0.4) is 0 Å². The fourth-order valence-electron chi connectivity index (χ4n) is 3.08. The molecular weight excluding hydrogens is 388 g/mol. The first kappa shape index (κ1) is 22.2. The van der Waals surface area contributed by atoms with Crippen molar-refractivity contribution in [1.82, 2.24) is 0 Å². The average molecular weight is 417 g/mol. The van der Waals surface area contributed by atoms with E-state index in [0.29, 0.717) is 5.75 Å². The Labute approximate surface area is 184 Å². The summed E-state index contributed by atoms with van der Waals surface area (Å²) in [6.45, 7) is 4.22. The number of rotatable bonds is 9. The maximum atomic E-state index is 12.7. The predicted octanol–water partition coefficient (Wildman–Crippen LogP) is 6.52. The van der Waals surface area contributed by atoms with Crippen molar-refractivity contribution >= 4 is 12.0 Å². The summed E-state index contributed by atoms with van der Waals surface area (Å²) in [6.07, 6.45) is 3.85. The zero-order valence-corrected chi connectivity index (χ0v) is 18.2. The van der Waals surface area contributed by atoms with Crippen LogP contribution in [0.5, 0.6) is 17.2 Å². The molecule has 0 aliphatic carbocycles. The van der Waals surface area contributed by atoms with Crippen molar-refractivity contribution in [3.8, 4) is 17.2 Å². The van der Waals surface area contributed by atoms with Gasteiger partial charge in [-0.25, -0.2) is 0 Å². The number of benzene rings is 3. The molecule has 3 aromatic carbocycles. The van der Waals surface area contributed by atoms with Gasteiger partial charge in [-0.15, -0.1) is 0 Å². The van der Waals surface area contributed by atoms with E-state index in [1.807, 2.05) is 105 Å². The maximum Gasteiger partial charge on any atom is 0.313 e. The lowest BCUT2D eigenvalue weighted by Crippen LogP contribution is -2.20. The van der Waals surface area contributed by atoms with Crippen molar-refractivity contribution in [3.05, 3.63) is 96.1 Å². The molecule has 0 N–H and O–H groups in total. The lowest BCUT2D eigenvalue weighted by atomic mass is 9.95. The highest BCUT2D eigenvalue weighted by atomic mass is 16.5. The zero-order valence-electron chi connectivity index (χ0n) is 18.2. The monoisotopic (exact) mass is 416 g/mol. The molecule has 0 radical (unpaired) electrons. The van der Waals surface area contributed by atoms with Crippen LogP contribution >= 0.6 is 0 Å². The van der Waals surface area contributed by atoms with Crippen LogP contribution in [0.25, 0.3) is 6.08 Å². The Hall–Kier alpha value is -3.53. The van der Waals surface area contributed by atoms with Crippen molar-refractivity contribution in [1.29, 1.82) is 0 Å². The number of ether oxygens (including phenoxy) is 3. The third kappa shape index (κ3) is 6.75. The quantitative estimate of drug-likeness (QED) is 0.373. The van der Waals surface area contributed by atoms with Crippen molar-refractivity contribution < 1.29 is 19.0 Å². The van der Waals surface area contributed by atoms with E-state index in [1.165, 1.54) is 0 Å². The molecule has 0 fully saturated rings. The lowest BCUT2D eigenvalue weighted by Gasteiger charge is -2.16. The van der Waals surface area contributed by atoms with Crippen LogP contribution in [0.1, 0.15) is 25.0 Å². The standard InChI is InChI=1S/C27H28O4/c1-20(2)26(17-14-21-12-15-23(29-3)16-13-21)27(28)30-19-22-8-7-11-25(18-22)31-24-9-5-4-6-10-24/h4-18,20,26H,19H2,1-3H3. The van der Waals surface area contributed by atoms with Crippen LogP contribution in [0.15, 0.2) is 84.9 Å². The van der Waals surface area contributed by atoms with E-state index in [4.69, 9.17) is 14.2 Å². The Bertz CT molecular complexity index is 991. The molecule has 0 saturated heterocycles. The van der Waals surface area contributed by atoms with Gasteiger partial charge in [0.05, 0.1) is 13.0 Å². The van der Waals surface area contributed by atoms with Gasteiger partial charge in [-0.05, 0) is 53.4 Å². The summed E-state index contributed by atoms with van der Waals surface area (Å²) in [5, 5.41) is 0. The van der Waals surface area contributed by atoms with Crippen molar-refractivity contribution in [2.45, 2.75) is 20.5 Å². The molecule has 0 aliphatic heterocycles. The largest absolute Gasteiger partial charge is 0.497 e. The molecule has 4 heteroatoms. The Morgan fingerprint density at radius 2 is 1.58 bits per heavy atom. The molecule has 0 amide bonds. The molecule has 0 aliphatic rings. The van der Waals surface area contributed by atoms with E-state index in [0.717, 1.165) is 22.6 Å². The molecule has 4 nitrogen and oxygen atoms in total. The fourth-order valence-corrected chi connectivity index (χ4v) is 3.08. The fraction of sp³-hybridized carbons (Fsp3) is 0.222. The summed E-state index contributed by atoms with van der Waals surface area (Å²) in [5.41, 5.74) is 1.88. The van der Waals surface area contributed by atoms with E-state index in [9.17, 15) is 4.79 Å². The minimum absolute atomic E-state index is 0.120. The molecule has 3 rings (SSSR count). The summed E-state index contributed by atoms with van der Waals surface area (Å²) in [6, 6.07) is 24.9. The summed E-state index contributed by atoms with van der Waals surface area (Å²) >= 11 is 0. The number of methoxy groups -OCH3 is 1. The molecule has 1 unspecified atom stereocenters. The number of esters is 1. The van der Waals surface area contributed by atoms with E-state index in [-0.39, 0.29) is 24.4 Å². The van der Waals surface area contributed by atoms with Crippen molar-refractivity contribution in [3.63, 3.8) is 0 Å².